The summed E-state index contributed by atoms with van der Waals surface area (Å²) in [5.74, 6) is -2.65. The monoisotopic (exact) mass is 522 g/mol. The number of amides is 2. The van der Waals surface area contributed by atoms with Crippen molar-refractivity contribution in [1.29, 1.82) is 10.5 Å². The maximum atomic E-state index is 13.1. The minimum Gasteiger partial charge on any atom is -0.465 e. The average Bonchev–Trinajstić information content (AvgIpc) is 3.37. The number of carbonyl (C=O) groups is 4. The number of nitrogens with one attached hydrogen (secondary N) is 2. The molecule has 0 saturated heterocycles. The Kier molecular flexibility index (Phi) is 7.84. The quantitative estimate of drug-likeness (QED) is 0.455. The van der Waals surface area contributed by atoms with E-state index in [-0.39, 0.29) is 42.0 Å². The van der Waals surface area contributed by atoms with Gasteiger partial charge in [-0.1, -0.05) is 12.1 Å². The molecule has 0 atom stereocenters. The largest absolute Gasteiger partial charge is 0.465 e. The predicted octanol–water partition coefficient (Wildman–Crippen LogP) is 4.25. The summed E-state index contributed by atoms with van der Waals surface area (Å²) in [5, 5.41) is 24.5. The first-order valence-corrected chi connectivity index (χ1v) is 11.8. The van der Waals surface area contributed by atoms with E-state index >= 15 is 0 Å². The molecule has 0 aliphatic carbocycles. The van der Waals surface area contributed by atoms with Crippen LogP contribution >= 0.6 is 22.7 Å². The molecule has 36 heavy (non-hydrogen) atoms. The number of benzene rings is 1. The van der Waals surface area contributed by atoms with Crippen molar-refractivity contribution < 1.29 is 28.7 Å². The van der Waals surface area contributed by atoms with Crippen LogP contribution in [0.5, 0.6) is 0 Å². The number of nitrogens with zero attached hydrogens (tertiary/aromatic N) is 2. The first kappa shape index (κ1) is 26.1. The Morgan fingerprint density at radius 3 is 1.42 bits per heavy atom. The molecule has 182 valence electrons. The summed E-state index contributed by atoms with van der Waals surface area (Å²) in [7, 11) is 2.42. The number of thiophene rings is 2. The van der Waals surface area contributed by atoms with Gasteiger partial charge in [0.05, 0.1) is 36.5 Å². The average molecular weight is 523 g/mol. The number of methoxy groups -OCH3 is 2. The smallest absolute Gasteiger partial charge is 0.348 e. The van der Waals surface area contributed by atoms with Gasteiger partial charge < -0.3 is 20.1 Å². The van der Waals surface area contributed by atoms with Gasteiger partial charge in [-0.15, -0.1) is 22.7 Å². The van der Waals surface area contributed by atoms with Gasteiger partial charge in [0.25, 0.3) is 11.8 Å². The zero-order valence-corrected chi connectivity index (χ0v) is 21.1. The fraction of sp³-hybridized carbons (Fsp3) is 0.167. The van der Waals surface area contributed by atoms with Crippen LogP contribution in [0.25, 0.3) is 0 Å². The van der Waals surface area contributed by atoms with E-state index in [2.05, 4.69) is 10.6 Å². The molecule has 0 saturated carbocycles. The van der Waals surface area contributed by atoms with Crippen molar-refractivity contribution in [3.05, 3.63) is 67.4 Å². The summed E-state index contributed by atoms with van der Waals surface area (Å²) in [4.78, 5) is 50.5. The van der Waals surface area contributed by atoms with Crippen LogP contribution in [0.2, 0.25) is 0 Å². The fourth-order valence-electron chi connectivity index (χ4n) is 3.27. The normalized spacial score (nSPS) is 10.1. The molecule has 2 amide bonds. The maximum Gasteiger partial charge on any atom is 0.348 e. The zero-order chi connectivity index (χ0) is 26.6. The molecular formula is C24H18N4O6S2. The highest BCUT2D eigenvalue weighted by Gasteiger charge is 2.26. The molecule has 0 bridgehead atoms. The summed E-state index contributed by atoms with van der Waals surface area (Å²) in [5.41, 5.74) is 0.940. The zero-order valence-electron chi connectivity index (χ0n) is 19.5. The SMILES string of the molecule is COC(=O)c1sc(NC(=O)c2ccccc2C(=O)Nc2sc(C(=O)OC)c(C)c2C#N)c(C#N)c1C. The lowest BCUT2D eigenvalue weighted by molar-refractivity contribution is 0.0596. The van der Waals surface area contributed by atoms with Gasteiger partial charge in [-0.3, -0.25) is 9.59 Å². The van der Waals surface area contributed by atoms with Crippen LogP contribution in [0.3, 0.4) is 0 Å². The molecule has 3 aromatic rings. The number of nitriles is 2. The van der Waals surface area contributed by atoms with E-state index in [0.717, 1.165) is 22.7 Å². The molecule has 2 N–H and O–H groups in total. The van der Waals surface area contributed by atoms with Crippen molar-refractivity contribution in [3.63, 3.8) is 0 Å². The topological polar surface area (TPSA) is 158 Å². The molecule has 0 fully saturated rings. The van der Waals surface area contributed by atoms with Gasteiger partial charge in [-0.05, 0) is 37.1 Å². The van der Waals surface area contributed by atoms with Crippen LogP contribution in [-0.4, -0.2) is 38.0 Å². The van der Waals surface area contributed by atoms with Crippen molar-refractivity contribution in [2.45, 2.75) is 13.8 Å². The van der Waals surface area contributed by atoms with Crippen molar-refractivity contribution in [3.8, 4) is 12.1 Å². The molecule has 0 aliphatic heterocycles. The Bertz CT molecular complexity index is 1380. The third kappa shape index (κ3) is 4.81. The Morgan fingerprint density at radius 2 is 1.11 bits per heavy atom. The lowest BCUT2D eigenvalue weighted by Gasteiger charge is -2.10. The van der Waals surface area contributed by atoms with Crippen molar-refractivity contribution >= 4 is 56.4 Å². The van der Waals surface area contributed by atoms with Crippen LogP contribution < -0.4 is 10.6 Å². The molecule has 12 heteroatoms. The molecule has 0 aliphatic rings. The Hall–Kier alpha value is -4.52. The summed E-state index contributed by atoms with van der Waals surface area (Å²) < 4.78 is 9.45. The number of anilines is 2. The van der Waals surface area contributed by atoms with E-state index in [4.69, 9.17) is 9.47 Å². The van der Waals surface area contributed by atoms with Crippen molar-refractivity contribution in [2.24, 2.45) is 0 Å². The van der Waals surface area contributed by atoms with Crippen LogP contribution in [0.4, 0.5) is 10.0 Å². The number of ether oxygens (including phenoxy) is 2. The standard InChI is InChI=1S/C24H18N4O6S2/c1-11-15(9-25)21(35-17(11)23(31)33-3)27-19(29)13-7-5-6-8-14(13)20(30)28-22-16(10-26)12(2)18(36-22)24(32)34-4/h5-8H,1-4H3,(H,27,29)(H,28,30). The molecule has 0 unspecified atom stereocenters. The Morgan fingerprint density at radius 1 is 0.750 bits per heavy atom. The van der Waals surface area contributed by atoms with Gasteiger partial charge in [0.1, 0.15) is 31.9 Å². The van der Waals surface area contributed by atoms with Crippen LogP contribution in [-0.2, 0) is 9.47 Å². The second-order valence-corrected chi connectivity index (χ2v) is 9.22. The first-order valence-electron chi connectivity index (χ1n) is 10.1. The number of rotatable bonds is 6. The Labute approximate surface area is 213 Å². The van der Waals surface area contributed by atoms with Crippen LogP contribution in [0, 0.1) is 36.5 Å². The van der Waals surface area contributed by atoms with E-state index in [0.29, 0.717) is 11.1 Å². The number of esters is 2. The molecule has 10 nitrogen and oxygen atoms in total. The minimum absolute atomic E-state index is 0.00969. The Balaban J connectivity index is 1.94. The molecule has 2 aromatic heterocycles. The summed E-state index contributed by atoms with van der Waals surface area (Å²) in [6.07, 6.45) is 0. The van der Waals surface area contributed by atoms with Gasteiger partial charge in [0.15, 0.2) is 0 Å². The van der Waals surface area contributed by atoms with Crippen molar-refractivity contribution in [1.82, 2.24) is 0 Å². The molecule has 3 rings (SSSR count). The van der Waals surface area contributed by atoms with E-state index in [9.17, 15) is 29.7 Å². The third-order valence-electron chi connectivity index (χ3n) is 5.13. The highest BCUT2D eigenvalue weighted by molar-refractivity contribution is 7.19. The van der Waals surface area contributed by atoms with Crippen LogP contribution in [0.1, 0.15) is 62.3 Å². The molecule has 0 radical (unpaired) electrons. The predicted molar refractivity (Wildman–Crippen MR) is 133 cm³/mol. The number of hydrogen-bond acceptors (Lipinski definition) is 10. The summed E-state index contributed by atoms with van der Waals surface area (Å²) >= 11 is 1.78. The van der Waals surface area contributed by atoms with Gasteiger partial charge >= 0.3 is 11.9 Å². The van der Waals surface area contributed by atoms with E-state index in [1.807, 2.05) is 12.1 Å². The summed E-state index contributed by atoms with van der Waals surface area (Å²) in [6, 6.07) is 9.89. The number of hydrogen-bond donors (Lipinski definition) is 2. The maximum absolute atomic E-state index is 13.1. The fourth-order valence-corrected chi connectivity index (χ4v) is 5.41. The lowest BCUT2D eigenvalue weighted by Crippen LogP contribution is -2.20. The second kappa shape index (κ2) is 10.8. The number of carbonyl (C=O) groups excluding carboxylic acids is 4. The van der Waals surface area contributed by atoms with Crippen molar-refractivity contribution in [2.75, 3.05) is 24.9 Å². The first-order chi connectivity index (χ1) is 17.2. The van der Waals surface area contributed by atoms with E-state index < -0.39 is 23.8 Å². The molecular weight excluding hydrogens is 504 g/mol. The third-order valence-corrected chi connectivity index (χ3v) is 7.50. The van der Waals surface area contributed by atoms with Gasteiger partial charge in [0.2, 0.25) is 0 Å². The van der Waals surface area contributed by atoms with Gasteiger partial charge in [-0.25, -0.2) is 9.59 Å². The van der Waals surface area contributed by atoms with Gasteiger partial charge in [-0.2, -0.15) is 10.5 Å². The van der Waals surface area contributed by atoms with E-state index in [1.54, 1.807) is 26.0 Å². The molecule has 2 heterocycles. The lowest BCUT2D eigenvalue weighted by atomic mass is 10.1. The molecule has 1 aromatic carbocycles. The second-order valence-electron chi connectivity index (χ2n) is 7.18. The molecule has 0 spiro atoms. The van der Waals surface area contributed by atoms with Gasteiger partial charge in [0, 0.05) is 0 Å². The minimum atomic E-state index is -0.687. The highest BCUT2D eigenvalue weighted by Crippen LogP contribution is 2.35. The van der Waals surface area contributed by atoms with Crippen LogP contribution in [0.15, 0.2) is 24.3 Å². The van der Waals surface area contributed by atoms with E-state index in [1.165, 1.54) is 26.4 Å². The summed E-state index contributed by atoms with van der Waals surface area (Å²) in [6.45, 7) is 3.13. The highest BCUT2D eigenvalue weighted by atomic mass is 32.1.